The Morgan fingerprint density at radius 3 is 2.11 bits per heavy atom. The van der Waals surface area contributed by atoms with E-state index >= 15 is 0 Å². The van der Waals surface area contributed by atoms with Crippen molar-refractivity contribution in [1.82, 2.24) is 19.5 Å². The summed E-state index contributed by atoms with van der Waals surface area (Å²) in [5.74, 6) is 7.66. The second-order valence-electron chi connectivity index (χ2n) is 18.7. The van der Waals surface area contributed by atoms with Crippen LogP contribution in [0.15, 0.2) is 132 Å². The summed E-state index contributed by atoms with van der Waals surface area (Å²) in [4.78, 5) is 14.7. The van der Waals surface area contributed by atoms with Crippen LogP contribution in [0.2, 0.25) is 17.3 Å². The molecule has 5 nitrogen and oxygen atoms in total. The zero-order chi connectivity index (χ0) is 48.2. The molecule has 0 amide bonds. The minimum absolute atomic E-state index is 0. The number of para-hydroxylation sites is 2. The van der Waals surface area contributed by atoms with Crippen molar-refractivity contribution in [2.45, 2.75) is 90.8 Å². The van der Waals surface area contributed by atoms with E-state index in [2.05, 4.69) is 78.8 Å². The van der Waals surface area contributed by atoms with Gasteiger partial charge in [0.1, 0.15) is 0 Å². The number of aryl methyl sites for hydroxylation is 1. The fourth-order valence-electron chi connectivity index (χ4n) is 8.06. The van der Waals surface area contributed by atoms with Crippen LogP contribution in [-0.2, 0) is 26.5 Å². The van der Waals surface area contributed by atoms with Crippen molar-refractivity contribution < 1.29 is 31.4 Å². The van der Waals surface area contributed by atoms with E-state index in [-0.39, 0.29) is 31.9 Å². The first-order valence-corrected chi connectivity index (χ1v) is 28.8. The van der Waals surface area contributed by atoms with E-state index in [4.69, 9.17) is 21.2 Å². The van der Waals surface area contributed by atoms with Gasteiger partial charge in [-0.1, -0.05) is 98.8 Å². The molecule has 4 heterocycles. The molecule has 0 fully saturated rings. The van der Waals surface area contributed by atoms with Gasteiger partial charge in [-0.15, -0.1) is 18.2 Å². The second-order valence-corrected chi connectivity index (χ2v) is 29.3. The maximum absolute atomic E-state index is 8.76. The summed E-state index contributed by atoms with van der Waals surface area (Å²) in [6, 6.07) is 46.1. The molecule has 0 unspecified atom stereocenters. The Labute approximate surface area is 397 Å². The second kappa shape index (κ2) is 18.5. The quantitative estimate of drug-likeness (QED) is 0.112. The molecule has 1 radical (unpaired) electrons. The smallest absolute Gasteiger partial charge is 0 e. The summed E-state index contributed by atoms with van der Waals surface area (Å²) < 4.78 is 52.0. The summed E-state index contributed by atoms with van der Waals surface area (Å²) in [5, 5.41) is 1.86. The van der Waals surface area contributed by atoms with Crippen molar-refractivity contribution in [1.29, 1.82) is 0 Å². The average Bonchev–Trinajstić information content (AvgIpc) is 3.86. The maximum atomic E-state index is 8.76. The molecule has 323 valence electrons. The third kappa shape index (κ3) is 9.70. The van der Waals surface area contributed by atoms with E-state index in [1.54, 1.807) is 0 Å². The largest absolute Gasteiger partial charge is 0 e. The Hall–Kier alpha value is -5.14. The molecule has 0 N–H and O–H groups in total. The first-order valence-electron chi connectivity index (χ1n) is 24.0. The maximum Gasteiger partial charge on any atom is 0 e. The third-order valence-corrected chi connectivity index (χ3v) is 15.2. The van der Waals surface area contributed by atoms with Crippen molar-refractivity contribution in [3.63, 3.8) is 0 Å². The van der Waals surface area contributed by atoms with Crippen molar-refractivity contribution in [3.05, 3.63) is 162 Å². The minimum Gasteiger partial charge on any atom is 0 e. The van der Waals surface area contributed by atoms with Crippen molar-refractivity contribution >= 4 is 50.8 Å². The third-order valence-electron chi connectivity index (χ3n) is 11.0. The Kier molecular flexibility index (Phi) is 11.6. The number of imidazole rings is 1. The van der Waals surface area contributed by atoms with Crippen molar-refractivity contribution in [3.8, 4) is 39.6 Å². The van der Waals surface area contributed by atoms with Crippen LogP contribution in [0.4, 0.5) is 0 Å². The number of fused-ring (bicyclic) bond motifs is 4. The number of aromatic nitrogens is 4. The van der Waals surface area contributed by atoms with Crippen LogP contribution in [0.25, 0.3) is 72.7 Å². The molecule has 9 aromatic rings. The van der Waals surface area contributed by atoms with Gasteiger partial charge < -0.3 is 8.98 Å². The summed E-state index contributed by atoms with van der Waals surface area (Å²) in [6.07, 6.45) is 0.502. The molecular formula is C56H58GeIrN4O-2. The number of rotatable bonds is 8. The fraction of sp³-hybridized carbons (Fsp3) is 0.268. The zero-order valence-corrected chi connectivity index (χ0v) is 42.3. The topological polar surface area (TPSA) is 56.7 Å². The predicted octanol–water partition coefficient (Wildman–Crippen LogP) is 14.7. The van der Waals surface area contributed by atoms with E-state index in [0.29, 0.717) is 22.7 Å². The number of benzene rings is 5. The van der Waals surface area contributed by atoms with Gasteiger partial charge in [0.2, 0.25) is 5.71 Å². The Bertz CT molecular complexity index is 3210. The molecule has 0 aliphatic heterocycles. The van der Waals surface area contributed by atoms with E-state index in [1.165, 1.54) is 0 Å². The van der Waals surface area contributed by atoms with Crippen LogP contribution >= 0.6 is 0 Å². The standard InChI is InChI=1S/C37H32N3O.C19H26GeN.Ir/c1-22(2)29-20-24(5)21-30(23(3)4)34(29)40-33-17-10-9-16-32(33)38-36(40)28-15-11-14-26-27-18-19-31(25-12-7-6-8-13-25)39-37(27)41-35(26)28;1-19(2,3)13-16-12-18(15-10-8-7-9-11-15)21-14-17(16)20(4,5)6;/h6-14,16-23H,1-5H3;7-10,12,14H,13H2,1-6H3;/q2*-1;/i5D3;13D2;. The molecule has 0 aliphatic carbocycles. The van der Waals surface area contributed by atoms with Crippen LogP contribution in [-0.4, -0.2) is 32.8 Å². The van der Waals surface area contributed by atoms with Gasteiger partial charge >= 0.3 is 135 Å². The minimum atomic E-state index is -2.24. The SMILES string of the molecule is [2H]C([2H])([2H])c1cc(C(C)C)c(-n2c(-c3[c-]ccc4c3oc3nc(-c5ccccc5)ccc34)nc3ccccc32)c(C(C)C)c1.[2H]C([2H])(c1cc(-c2[c-]cccc2)nc[c]1[Ge]([CH3])([CH3])[CH3])C(C)(C)C.[Ir]. The summed E-state index contributed by atoms with van der Waals surface area (Å²) in [6.45, 7) is 12.1. The Morgan fingerprint density at radius 2 is 1.46 bits per heavy atom. The number of furan rings is 1. The van der Waals surface area contributed by atoms with Gasteiger partial charge in [-0.05, 0) is 54.1 Å². The Morgan fingerprint density at radius 1 is 0.762 bits per heavy atom. The van der Waals surface area contributed by atoms with Gasteiger partial charge in [-0.25, -0.2) is 4.98 Å². The molecule has 5 aromatic carbocycles. The summed E-state index contributed by atoms with van der Waals surface area (Å²) in [7, 11) is 0. The van der Waals surface area contributed by atoms with Gasteiger partial charge in [0.05, 0.1) is 28.1 Å². The molecule has 4 aromatic heterocycles. The molecule has 0 bridgehead atoms. The first-order chi connectivity index (χ1) is 31.6. The molecule has 9 rings (SSSR count). The molecule has 63 heavy (non-hydrogen) atoms. The molecule has 0 saturated carbocycles. The van der Waals surface area contributed by atoms with Gasteiger partial charge in [0, 0.05) is 40.9 Å². The van der Waals surface area contributed by atoms with E-state index in [0.717, 1.165) is 76.7 Å². The van der Waals surface area contributed by atoms with Crippen molar-refractivity contribution in [2.24, 2.45) is 5.41 Å². The normalized spacial score (nSPS) is 13.6. The summed E-state index contributed by atoms with van der Waals surface area (Å²) in [5.41, 5.74) is 10.8. The zero-order valence-electron chi connectivity index (χ0n) is 42.8. The molecular weight excluding hydrogens is 1010 g/mol. The number of pyridine rings is 2. The first kappa shape index (κ1) is 39.5. The fourth-order valence-corrected chi connectivity index (χ4v) is 11.0. The van der Waals surface area contributed by atoms with Gasteiger partial charge in [0.15, 0.2) is 0 Å². The van der Waals surface area contributed by atoms with Crippen LogP contribution in [0.1, 0.15) is 89.4 Å². The molecule has 0 saturated heterocycles. The Balaban J connectivity index is 0.000000242. The predicted molar refractivity (Wildman–Crippen MR) is 263 cm³/mol. The number of nitrogens with zero attached hydrogens (tertiary/aromatic N) is 4. The van der Waals surface area contributed by atoms with Crippen molar-refractivity contribution in [2.75, 3.05) is 0 Å². The molecule has 0 atom stereocenters. The molecule has 0 spiro atoms. The number of hydrogen-bond acceptors (Lipinski definition) is 4. The monoisotopic (exact) mass is 1070 g/mol. The molecule has 7 heteroatoms. The number of hydrogen-bond donors (Lipinski definition) is 0. The summed E-state index contributed by atoms with van der Waals surface area (Å²) >= 11 is -2.24. The van der Waals surface area contributed by atoms with Crippen LogP contribution in [0.3, 0.4) is 0 Å². The van der Waals surface area contributed by atoms with Gasteiger partial charge in [-0.3, -0.25) is 4.98 Å². The van der Waals surface area contributed by atoms with Gasteiger partial charge in [-0.2, -0.15) is 0 Å². The average molecular weight is 1070 g/mol. The van der Waals surface area contributed by atoms with Crippen LogP contribution in [0.5, 0.6) is 0 Å². The van der Waals surface area contributed by atoms with Crippen LogP contribution < -0.4 is 4.40 Å². The van der Waals surface area contributed by atoms with Crippen LogP contribution in [0, 0.1) is 24.4 Å². The van der Waals surface area contributed by atoms with E-state index in [9.17, 15) is 0 Å². The van der Waals surface area contributed by atoms with E-state index in [1.807, 2.05) is 136 Å². The van der Waals surface area contributed by atoms with Gasteiger partial charge in [0.25, 0.3) is 0 Å². The molecule has 0 aliphatic rings. The van der Waals surface area contributed by atoms with E-state index < -0.39 is 31.9 Å².